The van der Waals surface area contributed by atoms with E-state index in [1.165, 1.54) is 12.1 Å². The number of rotatable bonds is 6. The van der Waals surface area contributed by atoms with E-state index in [4.69, 9.17) is 4.52 Å². The summed E-state index contributed by atoms with van der Waals surface area (Å²) in [6, 6.07) is 6.80. The number of aryl methyl sites for hydroxylation is 1. The highest BCUT2D eigenvalue weighted by Crippen LogP contribution is 2.34. The molecule has 0 bridgehead atoms. The van der Waals surface area contributed by atoms with Gasteiger partial charge in [0.1, 0.15) is 5.82 Å². The molecule has 1 fully saturated rings. The van der Waals surface area contributed by atoms with E-state index in [0.717, 1.165) is 61.9 Å². The Hall–Kier alpha value is -2.54. The quantitative estimate of drug-likeness (QED) is 0.626. The Morgan fingerprint density at radius 3 is 2.59 bits per heavy atom. The molecule has 1 atom stereocenters. The number of hydrogen-bond acceptors (Lipinski definition) is 5. The van der Waals surface area contributed by atoms with E-state index in [9.17, 15) is 4.39 Å². The van der Waals surface area contributed by atoms with Crippen LogP contribution in [0.2, 0.25) is 0 Å². The molecule has 0 saturated carbocycles. The minimum absolute atomic E-state index is 0.0570. The van der Waals surface area contributed by atoms with Gasteiger partial charge in [-0.05, 0) is 50.6 Å². The molecular weight excluding hydrogens is 369 g/mol. The van der Waals surface area contributed by atoms with Crippen LogP contribution in [-0.4, -0.2) is 37.7 Å². The van der Waals surface area contributed by atoms with Gasteiger partial charge in [0.05, 0.1) is 18.1 Å². The Labute approximate surface area is 170 Å². The minimum Gasteiger partial charge on any atom is -0.339 e. The Bertz CT molecular complexity index is 940. The topological polar surface area (TPSA) is 60.0 Å². The largest absolute Gasteiger partial charge is 0.339 e. The van der Waals surface area contributed by atoms with Gasteiger partial charge < -0.3 is 9.09 Å². The van der Waals surface area contributed by atoms with Crippen molar-refractivity contribution in [1.82, 2.24) is 24.6 Å². The van der Waals surface area contributed by atoms with E-state index in [1.807, 2.05) is 31.6 Å². The molecule has 3 aromatic rings. The van der Waals surface area contributed by atoms with Crippen molar-refractivity contribution in [3.05, 3.63) is 65.6 Å². The molecule has 2 aromatic heterocycles. The Morgan fingerprint density at radius 1 is 1.21 bits per heavy atom. The van der Waals surface area contributed by atoms with Crippen molar-refractivity contribution in [3.8, 4) is 0 Å². The maximum absolute atomic E-state index is 13.2. The summed E-state index contributed by atoms with van der Waals surface area (Å²) >= 11 is 0. The number of hydrogen-bond donors (Lipinski definition) is 0. The molecule has 1 saturated heterocycles. The van der Waals surface area contributed by atoms with Gasteiger partial charge in [-0.2, -0.15) is 4.98 Å². The molecule has 0 aliphatic carbocycles. The number of aromatic nitrogens is 4. The second-order valence-electron chi connectivity index (χ2n) is 8.23. The molecule has 29 heavy (non-hydrogen) atoms. The summed E-state index contributed by atoms with van der Waals surface area (Å²) in [6.07, 6.45) is 6.56. The van der Waals surface area contributed by atoms with E-state index in [-0.39, 0.29) is 17.3 Å². The van der Waals surface area contributed by atoms with Crippen LogP contribution in [0.25, 0.3) is 0 Å². The highest BCUT2D eigenvalue weighted by molar-refractivity contribution is 5.21. The third-order valence-corrected chi connectivity index (χ3v) is 6.16. The normalized spacial score (nSPS) is 18.1. The Morgan fingerprint density at radius 2 is 1.93 bits per heavy atom. The molecule has 4 rings (SSSR count). The van der Waals surface area contributed by atoms with Crippen molar-refractivity contribution in [2.45, 2.75) is 58.0 Å². The van der Waals surface area contributed by atoms with E-state index in [0.29, 0.717) is 0 Å². The molecule has 0 N–H and O–H groups in total. The average molecular weight is 397 g/mol. The molecule has 0 amide bonds. The van der Waals surface area contributed by atoms with E-state index >= 15 is 0 Å². The molecule has 1 aliphatic rings. The summed E-state index contributed by atoms with van der Waals surface area (Å²) < 4.78 is 20.9. The smallest absolute Gasteiger partial charge is 0.232 e. The van der Waals surface area contributed by atoms with Crippen molar-refractivity contribution in [3.63, 3.8) is 0 Å². The number of benzene rings is 1. The summed E-state index contributed by atoms with van der Waals surface area (Å²) in [6.45, 7) is 9.15. The predicted octanol–water partition coefficient (Wildman–Crippen LogP) is 4.13. The monoisotopic (exact) mass is 397 g/mol. The fourth-order valence-electron chi connectivity index (χ4n) is 4.00. The molecule has 1 aliphatic heterocycles. The van der Waals surface area contributed by atoms with Gasteiger partial charge in [-0.3, -0.25) is 4.90 Å². The van der Waals surface area contributed by atoms with Gasteiger partial charge in [-0.15, -0.1) is 0 Å². The molecule has 1 aromatic carbocycles. The second kappa shape index (κ2) is 8.06. The van der Waals surface area contributed by atoms with Crippen molar-refractivity contribution >= 4 is 0 Å². The van der Waals surface area contributed by atoms with Gasteiger partial charge in [-0.25, -0.2) is 9.37 Å². The lowest BCUT2D eigenvalue weighted by atomic mass is 9.80. The van der Waals surface area contributed by atoms with Gasteiger partial charge in [0.25, 0.3) is 0 Å². The van der Waals surface area contributed by atoms with Gasteiger partial charge in [-0.1, -0.05) is 31.1 Å². The third-order valence-electron chi connectivity index (χ3n) is 6.16. The van der Waals surface area contributed by atoms with Crippen LogP contribution in [0.4, 0.5) is 4.39 Å². The van der Waals surface area contributed by atoms with Crippen molar-refractivity contribution in [2.75, 3.05) is 13.1 Å². The summed E-state index contributed by atoms with van der Waals surface area (Å²) in [5.74, 6) is 1.33. The fraction of sp³-hybridized carbons (Fsp3) is 0.500. The first-order chi connectivity index (χ1) is 14.0. The summed E-state index contributed by atoms with van der Waals surface area (Å²) in [5, 5.41) is 4.07. The Balaban J connectivity index is 1.41. The minimum atomic E-state index is -0.213. The number of likely N-dealkylation sites (tertiary alicyclic amines) is 1. The molecule has 7 heteroatoms. The lowest BCUT2D eigenvalue weighted by Gasteiger charge is -2.37. The first kappa shape index (κ1) is 19.8. The van der Waals surface area contributed by atoms with Gasteiger partial charge in [0.2, 0.25) is 5.89 Å². The van der Waals surface area contributed by atoms with Crippen molar-refractivity contribution < 1.29 is 8.91 Å². The van der Waals surface area contributed by atoms with Crippen molar-refractivity contribution in [2.24, 2.45) is 0 Å². The lowest BCUT2D eigenvalue weighted by molar-refractivity contribution is 0.135. The summed E-state index contributed by atoms with van der Waals surface area (Å²) in [5.41, 5.74) is 2.18. The fourth-order valence-corrected chi connectivity index (χ4v) is 4.00. The standard InChI is InChI=1S/C22H28FN5O/c1-4-20-25-21(29-26-20)22(3)9-11-27(12-10-22)14-19-13-24-15-28(19)16(2)17-5-7-18(23)8-6-17/h5-8,13,15-16H,4,9-12,14H2,1-3H3. The van der Waals surface area contributed by atoms with Gasteiger partial charge in [0.15, 0.2) is 5.82 Å². The summed E-state index contributed by atoms with van der Waals surface area (Å²) in [7, 11) is 0. The van der Waals surface area contributed by atoms with Gasteiger partial charge in [0, 0.05) is 24.6 Å². The predicted molar refractivity (Wildman–Crippen MR) is 108 cm³/mol. The summed E-state index contributed by atoms with van der Waals surface area (Å²) in [4.78, 5) is 11.4. The van der Waals surface area contributed by atoms with Crippen LogP contribution in [0, 0.1) is 5.82 Å². The lowest BCUT2D eigenvalue weighted by Crippen LogP contribution is -2.41. The molecule has 3 heterocycles. The molecule has 0 spiro atoms. The van der Waals surface area contributed by atoms with E-state index < -0.39 is 0 Å². The number of piperidine rings is 1. The second-order valence-corrected chi connectivity index (χ2v) is 8.23. The number of nitrogens with zero attached hydrogens (tertiary/aromatic N) is 5. The van der Waals surface area contributed by atoms with Crippen molar-refractivity contribution in [1.29, 1.82) is 0 Å². The average Bonchev–Trinajstić information content (AvgIpc) is 3.40. The number of halogens is 1. The molecule has 1 unspecified atom stereocenters. The zero-order valence-electron chi connectivity index (χ0n) is 17.3. The zero-order chi connectivity index (χ0) is 20.4. The van der Waals surface area contributed by atoms with Crippen LogP contribution in [0.1, 0.15) is 62.6 Å². The van der Waals surface area contributed by atoms with E-state index in [2.05, 4.69) is 38.4 Å². The molecule has 154 valence electrons. The van der Waals surface area contributed by atoms with Crippen LogP contribution in [0.15, 0.2) is 41.3 Å². The highest BCUT2D eigenvalue weighted by Gasteiger charge is 2.36. The van der Waals surface area contributed by atoms with Gasteiger partial charge >= 0.3 is 0 Å². The maximum Gasteiger partial charge on any atom is 0.232 e. The SMILES string of the molecule is CCc1noc(C2(C)CCN(Cc3cncn3C(C)c3ccc(F)cc3)CC2)n1. The van der Waals surface area contributed by atoms with E-state index in [1.54, 1.807) is 0 Å². The first-order valence-corrected chi connectivity index (χ1v) is 10.3. The first-order valence-electron chi connectivity index (χ1n) is 10.3. The molecule has 6 nitrogen and oxygen atoms in total. The maximum atomic E-state index is 13.2. The third kappa shape index (κ3) is 4.10. The molecular formula is C22H28FN5O. The molecule has 0 radical (unpaired) electrons. The highest BCUT2D eigenvalue weighted by atomic mass is 19.1. The Kier molecular flexibility index (Phi) is 5.50. The number of imidazole rings is 1. The zero-order valence-corrected chi connectivity index (χ0v) is 17.3. The van der Waals surface area contributed by atoms with Crippen LogP contribution in [0.3, 0.4) is 0 Å². The van der Waals surface area contributed by atoms with Crippen LogP contribution in [-0.2, 0) is 18.4 Å². The van der Waals surface area contributed by atoms with Crippen LogP contribution < -0.4 is 0 Å². The van der Waals surface area contributed by atoms with Crippen LogP contribution in [0.5, 0.6) is 0 Å². The van der Waals surface area contributed by atoms with Crippen LogP contribution >= 0.6 is 0 Å².